The van der Waals surface area contributed by atoms with Crippen LogP contribution in [0.5, 0.6) is 0 Å². The SMILES string of the molecule is CC(C)(C)c1n[nH]c(=O)[nH]c1=O. The number of rotatable bonds is 0. The summed E-state index contributed by atoms with van der Waals surface area (Å²) in [5, 5.41) is 5.85. The molecule has 1 aromatic rings. The number of aromatic amines is 2. The minimum absolute atomic E-state index is 0.335. The van der Waals surface area contributed by atoms with E-state index in [9.17, 15) is 9.59 Å². The zero-order valence-electron chi connectivity index (χ0n) is 7.26. The third kappa shape index (κ3) is 1.61. The molecule has 1 heterocycles. The van der Waals surface area contributed by atoms with E-state index in [-0.39, 0.29) is 5.41 Å². The van der Waals surface area contributed by atoms with E-state index in [0.29, 0.717) is 5.69 Å². The molecule has 1 aromatic heterocycles. The standard InChI is InChI=1S/C7H11N3O2/c1-7(2,3)4-5(11)8-6(12)10-9-4/h1-3H3,(H2,8,10,11,12). The predicted molar refractivity (Wildman–Crippen MR) is 44.2 cm³/mol. The summed E-state index contributed by atoms with van der Waals surface area (Å²) in [6, 6.07) is 0. The number of nitrogens with zero attached hydrogens (tertiary/aromatic N) is 1. The van der Waals surface area contributed by atoms with Crippen LogP contribution >= 0.6 is 0 Å². The molecule has 5 nitrogen and oxygen atoms in total. The normalized spacial score (nSPS) is 11.6. The van der Waals surface area contributed by atoms with Crippen LogP contribution in [-0.4, -0.2) is 15.2 Å². The van der Waals surface area contributed by atoms with Crippen LogP contribution in [0.4, 0.5) is 0 Å². The first-order chi connectivity index (χ1) is 5.41. The minimum Gasteiger partial charge on any atom is -0.271 e. The van der Waals surface area contributed by atoms with Crippen molar-refractivity contribution < 1.29 is 0 Å². The van der Waals surface area contributed by atoms with Gasteiger partial charge < -0.3 is 0 Å². The van der Waals surface area contributed by atoms with E-state index in [1.54, 1.807) is 0 Å². The molecule has 0 spiro atoms. The summed E-state index contributed by atoms with van der Waals surface area (Å²) in [5.74, 6) is 0. The fraction of sp³-hybridized carbons (Fsp3) is 0.571. The Hall–Kier alpha value is -1.39. The molecular weight excluding hydrogens is 158 g/mol. The van der Waals surface area contributed by atoms with Crippen molar-refractivity contribution in [2.45, 2.75) is 26.2 Å². The predicted octanol–water partition coefficient (Wildman–Crippen LogP) is -0.244. The highest BCUT2D eigenvalue weighted by molar-refractivity contribution is 5.05. The summed E-state index contributed by atoms with van der Waals surface area (Å²) < 4.78 is 0. The molecule has 0 aliphatic heterocycles. The van der Waals surface area contributed by atoms with Gasteiger partial charge in [-0.25, -0.2) is 9.89 Å². The number of hydrogen-bond donors (Lipinski definition) is 2. The van der Waals surface area contributed by atoms with Gasteiger partial charge in [0.05, 0.1) is 0 Å². The van der Waals surface area contributed by atoms with E-state index in [4.69, 9.17) is 0 Å². The molecule has 0 aromatic carbocycles. The monoisotopic (exact) mass is 169 g/mol. The molecule has 12 heavy (non-hydrogen) atoms. The van der Waals surface area contributed by atoms with E-state index >= 15 is 0 Å². The molecule has 66 valence electrons. The van der Waals surface area contributed by atoms with Crippen LogP contribution in [-0.2, 0) is 5.41 Å². The maximum absolute atomic E-state index is 11.1. The van der Waals surface area contributed by atoms with Crippen LogP contribution in [0.15, 0.2) is 9.59 Å². The zero-order chi connectivity index (χ0) is 9.35. The van der Waals surface area contributed by atoms with Crippen LogP contribution in [0, 0.1) is 0 Å². The smallest absolute Gasteiger partial charge is 0.271 e. The lowest BCUT2D eigenvalue weighted by Crippen LogP contribution is -2.33. The van der Waals surface area contributed by atoms with E-state index in [2.05, 4.69) is 15.2 Å². The van der Waals surface area contributed by atoms with Gasteiger partial charge in [0, 0.05) is 5.41 Å². The molecule has 0 atom stereocenters. The van der Waals surface area contributed by atoms with Crippen LogP contribution in [0.2, 0.25) is 0 Å². The summed E-state index contributed by atoms with van der Waals surface area (Å²) in [4.78, 5) is 23.9. The van der Waals surface area contributed by atoms with Crippen LogP contribution in [0.25, 0.3) is 0 Å². The highest BCUT2D eigenvalue weighted by Gasteiger charge is 2.19. The van der Waals surface area contributed by atoms with Crippen LogP contribution in [0.3, 0.4) is 0 Å². The van der Waals surface area contributed by atoms with E-state index < -0.39 is 11.2 Å². The first-order valence-corrected chi connectivity index (χ1v) is 3.61. The van der Waals surface area contributed by atoms with E-state index in [1.165, 1.54) is 0 Å². The van der Waals surface area contributed by atoms with Crippen molar-refractivity contribution in [3.63, 3.8) is 0 Å². The van der Waals surface area contributed by atoms with Gasteiger partial charge in [-0.2, -0.15) is 5.10 Å². The molecule has 0 unspecified atom stereocenters. The Labute approximate surface area is 68.8 Å². The topological polar surface area (TPSA) is 78.6 Å². The van der Waals surface area contributed by atoms with Gasteiger partial charge >= 0.3 is 5.69 Å². The maximum Gasteiger partial charge on any atom is 0.342 e. The third-order valence-electron chi connectivity index (χ3n) is 1.42. The zero-order valence-corrected chi connectivity index (χ0v) is 7.26. The van der Waals surface area contributed by atoms with Gasteiger partial charge in [0.15, 0.2) is 0 Å². The molecule has 0 fully saturated rings. The van der Waals surface area contributed by atoms with Gasteiger partial charge in [-0.1, -0.05) is 20.8 Å². The lowest BCUT2D eigenvalue weighted by Gasteiger charge is -2.14. The molecule has 2 N–H and O–H groups in total. The Morgan fingerprint density at radius 1 is 1.25 bits per heavy atom. The van der Waals surface area contributed by atoms with Gasteiger partial charge in [0.1, 0.15) is 5.69 Å². The fourth-order valence-electron chi connectivity index (χ4n) is 0.856. The summed E-state index contributed by atoms with van der Waals surface area (Å²) in [7, 11) is 0. The van der Waals surface area contributed by atoms with E-state index in [0.717, 1.165) is 0 Å². The van der Waals surface area contributed by atoms with Crippen LogP contribution < -0.4 is 11.2 Å². The molecule has 5 heteroatoms. The van der Waals surface area contributed by atoms with Crippen molar-refractivity contribution in [3.05, 3.63) is 26.5 Å². The highest BCUT2D eigenvalue weighted by Crippen LogP contribution is 2.13. The molecule has 0 aliphatic carbocycles. The van der Waals surface area contributed by atoms with E-state index in [1.807, 2.05) is 20.8 Å². The number of nitrogens with one attached hydrogen (secondary N) is 2. The molecule has 0 amide bonds. The largest absolute Gasteiger partial charge is 0.342 e. The van der Waals surface area contributed by atoms with Crippen LogP contribution in [0.1, 0.15) is 26.5 Å². The lowest BCUT2D eigenvalue weighted by atomic mass is 9.93. The Bertz CT molecular complexity index is 383. The number of H-pyrrole nitrogens is 2. The maximum atomic E-state index is 11.1. The Morgan fingerprint density at radius 3 is 2.25 bits per heavy atom. The second-order valence-electron chi connectivity index (χ2n) is 3.61. The lowest BCUT2D eigenvalue weighted by molar-refractivity contribution is 0.542. The number of aromatic nitrogens is 3. The summed E-state index contributed by atoms with van der Waals surface area (Å²) in [6.07, 6.45) is 0. The molecule has 0 bridgehead atoms. The van der Waals surface area contributed by atoms with Crippen molar-refractivity contribution in [2.24, 2.45) is 0 Å². The van der Waals surface area contributed by atoms with Crippen molar-refractivity contribution in [3.8, 4) is 0 Å². The Balaban J connectivity index is 3.39. The quantitative estimate of drug-likeness (QED) is 0.562. The summed E-state index contributed by atoms with van der Waals surface area (Å²) >= 11 is 0. The Kier molecular flexibility index (Phi) is 1.87. The van der Waals surface area contributed by atoms with Gasteiger partial charge in [-0.15, -0.1) is 0 Å². The molecule has 0 radical (unpaired) electrons. The molecule has 0 saturated heterocycles. The average molecular weight is 169 g/mol. The van der Waals surface area contributed by atoms with Crippen molar-refractivity contribution in [2.75, 3.05) is 0 Å². The second kappa shape index (κ2) is 2.58. The molecule has 1 rings (SSSR count). The highest BCUT2D eigenvalue weighted by atomic mass is 16.2. The minimum atomic E-state index is -0.576. The van der Waals surface area contributed by atoms with Crippen molar-refractivity contribution in [1.82, 2.24) is 15.2 Å². The average Bonchev–Trinajstić information content (AvgIpc) is 1.83. The number of hydrogen-bond acceptors (Lipinski definition) is 3. The van der Waals surface area contributed by atoms with Crippen molar-refractivity contribution >= 4 is 0 Å². The summed E-state index contributed by atoms with van der Waals surface area (Å²) in [5.41, 5.74) is -1.01. The second-order valence-corrected chi connectivity index (χ2v) is 3.61. The Morgan fingerprint density at radius 2 is 1.83 bits per heavy atom. The van der Waals surface area contributed by atoms with Gasteiger partial charge in [0.2, 0.25) is 0 Å². The van der Waals surface area contributed by atoms with Gasteiger partial charge in [-0.3, -0.25) is 9.78 Å². The van der Waals surface area contributed by atoms with Crippen molar-refractivity contribution in [1.29, 1.82) is 0 Å². The molecular formula is C7H11N3O2. The van der Waals surface area contributed by atoms with Gasteiger partial charge in [0.25, 0.3) is 5.56 Å². The molecule has 0 aliphatic rings. The first kappa shape index (κ1) is 8.70. The third-order valence-corrected chi connectivity index (χ3v) is 1.42. The first-order valence-electron chi connectivity index (χ1n) is 3.61. The fourth-order valence-corrected chi connectivity index (χ4v) is 0.856. The summed E-state index contributed by atoms with van der Waals surface area (Å²) in [6.45, 7) is 5.55. The van der Waals surface area contributed by atoms with Gasteiger partial charge in [-0.05, 0) is 0 Å². The molecule has 0 saturated carbocycles.